The topological polar surface area (TPSA) is 52.6 Å². The molecule has 0 amide bonds. The van der Waals surface area contributed by atoms with Gasteiger partial charge in [0, 0.05) is 19.3 Å². The molecular formula is C24H38O4. The van der Waals surface area contributed by atoms with Crippen molar-refractivity contribution in [1.82, 2.24) is 0 Å². The van der Waals surface area contributed by atoms with Gasteiger partial charge in [-0.3, -0.25) is 9.59 Å². The fourth-order valence-corrected chi connectivity index (χ4v) is 8.29. The molecule has 0 spiro atoms. The minimum absolute atomic E-state index is 0.105. The molecule has 4 unspecified atom stereocenters. The molecule has 0 saturated heterocycles. The predicted octanol–water partition coefficient (Wildman–Crippen LogP) is 5.14. The molecular weight excluding hydrogens is 352 g/mol. The Morgan fingerprint density at radius 3 is 2.14 bits per heavy atom. The van der Waals surface area contributed by atoms with Crippen LogP contribution in [0.5, 0.6) is 0 Å². The van der Waals surface area contributed by atoms with E-state index in [0.717, 1.165) is 31.1 Å². The maximum atomic E-state index is 11.7. The summed E-state index contributed by atoms with van der Waals surface area (Å²) in [6.45, 7) is 10.5. The number of hydrogen-bond acceptors (Lipinski definition) is 4. The lowest BCUT2D eigenvalue weighted by Gasteiger charge is -2.62. The third-order valence-electron chi connectivity index (χ3n) is 9.53. The second kappa shape index (κ2) is 7.02. The van der Waals surface area contributed by atoms with Gasteiger partial charge in [0.05, 0.1) is 0 Å². The van der Waals surface area contributed by atoms with Gasteiger partial charge in [0.2, 0.25) is 0 Å². The van der Waals surface area contributed by atoms with E-state index in [9.17, 15) is 9.59 Å². The number of carbonyl (C=O) groups excluding carboxylic acids is 2. The average Bonchev–Trinajstić information content (AvgIpc) is 2.92. The van der Waals surface area contributed by atoms with E-state index >= 15 is 0 Å². The first kappa shape index (κ1) is 20.2. The quantitative estimate of drug-likeness (QED) is 0.613. The summed E-state index contributed by atoms with van der Waals surface area (Å²) in [6.07, 6.45) is 9.39. The molecule has 4 rings (SSSR count). The van der Waals surface area contributed by atoms with E-state index in [-0.39, 0.29) is 29.6 Å². The molecule has 9 atom stereocenters. The smallest absolute Gasteiger partial charge is 0.302 e. The normalized spacial score (nSPS) is 50.1. The Morgan fingerprint density at radius 1 is 0.821 bits per heavy atom. The standard InChI is InChI=1S/C24H38O4/c1-14-12-17-13-18(27-15(2)25)8-10-23(17,4)20-9-11-24(5)19(22(14)20)6-7-21(24)28-16(3)26/h14,17-22H,6-13H2,1-5H3/t14?,17?,18?,19-,20-,21?,22-,23-,24-/m0/s1. The van der Waals surface area contributed by atoms with Crippen molar-refractivity contribution in [2.24, 2.45) is 40.4 Å². The summed E-state index contributed by atoms with van der Waals surface area (Å²) in [5.74, 6) is 3.28. The summed E-state index contributed by atoms with van der Waals surface area (Å²) in [5, 5.41) is 0. The van der Waals surface area contributed by atoms with Gasteiger partial charge in [-0.15, -0.1) is 0 Å². The lowest BCUT2D eigenvalue weighted by Crippen LogP contribution is -2.57. The molecule has 28 heavy (non-hydrogen) atoms. The van der Waals surface area contributed by atoms with Crippen molar-refractivity contribution >= 4 is 11.9 Å². The Balaban J connectivity index is 1.56. The SMILES string of the molecule is CC(=O)OC1CC[C@@]2(C)C(C1)CC(C)[C@@H]1[C@@H]2CC[C@]2(C)C(OC(C)=O)CC[C@@H]12. The first-order valence-corrected chi connectivity index (χ1v) is 11.5. The van der Waals surface area contributed by atoms with E-state index in [0.29, 0.717) is 23.2 Å². The van der Waals surface area contributed by atoms with Crippen LogP contribution in [0.4, 0.5) is 0 Å². The zero-order valence-electron chi connectivity index (χ0n) is 18.3. The van der Waals surface area contributed by atoms with Crippen LogP contribution < -0.4 is 0 Å². The zero-order valence-corrected chi connectivity index (χ0v) is 18.3. The maximum absolute atomic E-state index is 11.7. The number of rotatable bonds is 2. The van der Waals surface area contributed by atoms with Crippen LogP contribution in [0.1, 0.15) is 86.0 Å². The monoisotopic (exact) mass is 390 g/mol. The fourth-order valence-electron chi connectivity index (χ4n) is 8.29. The highest BCUT2D eigenvalue weighted by Gasteiger charge is 2.62. The van der Waals surface area contributed by atoms with Crippen LogP contribution in [0.2, 0.25) is 0 Å². The summed E-state index contributed by atoms with van der Waals surface area (Å²) in [4.78, 5) is 23.1. The number of carbonyl (C=O) groups is 2. The molecule has 4 fully saturated rings. The van der Waals surface area contributed by atoms with Crippen molar-refractivity contribution in [3.8, 4) is 0 Å². The third-order valence-corrected chi connectivity index (χ3v) is 9.53. The van der Waals surface area contributed by atoms with Gasteiger partial charge in [-0.25, -0.2) is 0 Å². The highest BCUT2D eigenvalue weighted by Crippen LogP contribution is 2.67. The van der Waals surface area contributed by atoms with Crippen LogP contribution in [0, 0.1) is 40.4 Å². The fraction of sp³-hybridized carbons (Fsp3) is 0.917. The van der Waals surface area contributed by atoms with Crippen LogP contribution >= 0.6 is 0 Å². The zero-order chi connectivity index (χ0) is 20.3. The summed E-state index contributed by atoms with van der Waals surface area (Å²) in [7, 11) is 0. The predicted molar refractivity (Wildman–Crippen MR) is 107 cm³/mol. The average molecular weight is 391 g/mol. The summed E-state index contributed by atoms with van der Waals surface area (Å²) < 4.78 is 11.4. The van der Waals surface area contributed by atoms with Gasteiger partial charge in [-0.05, 0) is 86.4 Å². The van der Waals surface area contributed by atoms with E-state index in [1.807, 2.05) is 0 Å². The summed E-state index contributed by atoms with van der Waals surface area (Å²) in [6, 6.07) is 0. The Morgan fingerprint density at radius 2 is 1.46 bits per heavy atom. The Hall–Kier alpha value is -1.06. The molecule has 4 saturated carbocycles. The maximum Gasteiger partial charge on any atom is 0.302 e. The second-order valence-corrected chi connectivity index (χ2v) is 10.9. The van der Waals surface area contributed by atoms with Crippen LogP contribution in [-0.4, -0.2) is 24.1 Å². The summed E-state index contributed by atoms with van der Waals surface area (Å²) >= 11 is 0. The van der Waals surface area contributed by atoms with Crippen LogP contribution in [0.15, 0.2) is 0 Å². The molecule has 4 nitrogen and oxygen atoms in total. The van der Waals surface area contributed by atoms with Gasteiger partial charge in [-0.1, -0.05) is 20.8 Å². The number of hydrogen-bond donors (Lipinski definition) is 0. The van der Waals surface area contributed by atoms with Crippen molar-refractivity contribution in [2.75, 3.05) is 0 Å². The molecule has 0 radical (unpaired) electrons. The molecule has 4 aliphatic rings. The van der Waals surface area contributed by atoms with Crippen LogP contribution in [0.3, 0.4) is 0 Å². The van der Waals surface area contributed by atoms with Gasteiger partial charge in [0.1, 0.15) is 12.2 Å². The number of ether oxygens (including phenoxy) is 2. The van der Waals surface area contributed by atoms with E-state index in [2.05, 4.69) is 20.8 Å². The minimum atomic E-state index is -0.133. The lowest BCUT2D eigenvalue weighted by atomic mass is 9.43. The van der Waals surface area contributed by atoms with Gasteiger partial charge < -0.3 is 9.47 Å². The Kier molecular flexibility index (Phi) is 5.07. The molecule has 0 aromatic heterocycles. The molecule has 0 heterocycles. The minimum Gasteiger partial charge on any atom is -0.463 e. The molecule has 4 aliphatic carbocycles. The lowest BCUT2D eigenvalue weighted by molar-refractivity contribution is -0.175. The van der Waals surface area contributed by atoms with Crippen LogP contribution in [-0.2, 0) is 19.1 Å². The molecule has 0 aromatic carbocycles. The first-order chi connectivity index (χ1) is 13.1. The van der Waals surface area contributed by atoms with Crippen molar-refractivity contribution in [3.63, 3.8) is 0 Å². The van der Waals surface area contributed by atoms with Crippen molar-refractivity contribution < 1.29 is 19.1 Å². The van der Waals surface area contributed by atoms with Crippen molar-refractivity contribution in [1.29, 1.82) is 0 Å². The third kappa shape index (κ3) is 3.10. The molecule has 0 bridgehead atoms. The number of esters is 2. The second-order valence-electron chi connectivity index (χ2n) is 10.9. The summed E-state index contributed by atoms with van der Waals surface area (Å²) in [5.41, 5.74) is 0.522. The Bertz CT molecular complexity index is 645. The largest absolute Gasteiger partial charge is 0.463 e. The highest BCUT2D eigenvalue weighted by atomic mass is 16.5. The number of fused-ring (bicyclic) bond motifs is 5. The van der Waals surface area contributed by atoms with Crippen molar-refractivity contribution in [2.45, 2.75) is 98.2 Å². The van der Waals surface area contributed by atoms with E-state index in [1.165, 1.54) is 39.0 Å². The van der Waals surface area contributed by atoms with Crippen molar-refractivity contribution in [3.05, 3.63) is 0 Å². The van der Waals surface area contributed by atoms with Gasteiger partial charge in [0.25, 0.3) is 0 Å². The van der Waals surface area contributed by atoms with E-state index in [4.69, 9.17) is 9.47 Å². The molecule has 158 valence electrons. The van der Waals surface area contributed by atoms with Gasteiger partial charge in [0.15, 0.2) is 0 Å². The van der Waals surface area contributed by atoms with Gasteiger partial charge >= 0.3 is 11.9 Å². The Labute approximate surface area is 170 Å². The highest BCUT2D eigenvalue weighted by molar-refractivity contribution is 5.66. The molecule has 0 N–H and O–H groups in total. The van der Waals surface area contributed by atoms with E-state index < -0.39 is 0 Å². The first-order valence-electron chi connectivity index (χ1n) is 11.5. The van der Waals surface area contributed by atoms with Crippen LogP contribution in [0.25, 0.3) is 0 Å². The van der Waals surface area contributed by atoms with E-state index in [1.54, 1.807) is 6.92 Å². The molecule has 4 heteroatoms. The molecule has 0 aromatic rings. The van der Waals surface area contributed by atoms with Gasteiger partial charge in [-0.2, -0.15) is 0 Å². The molecule has 0 aliphatic heterocycles.